The minimum Gasteiger partial charge on any atom is -0.379 e. The van der Waals surface area contributed by atoms with Crippen LogP contribution in [0.25, 0.3) is 0 Å². The number of benzene rings is 2. The molecule has 1 unspecified atom stereocenters. The molecule has 3 rings (SSSR count). The van der Waals surface area contributed by atoms with Gasteiger partial charge in [0.05, 0.1) is 11.5 Å². The molecule has 1 saturated heterocycles. The lowest BCUT2D eigenvalue weighted by molar-refractivity contribution is -0.118. The number of thioether (sulfide) groups is 1. The predicted molar refractivity (Wildman–Crippen MR) is 120 cm³/mol. The molecular weight excluding hydrogens is 422 g/mol. The van der Waals surface area contributed by atoms with E-state index in [9.17, 15) is 13.2 Å². The van der Waals surface area contributed by atoms with Gasteiger partial charge in [0.15, 0.2) is 5.17 Å². The third kappa shape index (κ3) is 5.93. The Bertz CT molecular complexity index is 1050. The van der Waals surface area contributed by atoms with Crippen LogP contribution in [0, 0.1) is 6.92 Å². The van der Waals surface area contributed by atoms with Gasteiger partial charge in [-0.1, -0.05) is 49.2 Å². The van der Waals surface area contributed by atoms with Gasteiger partial charge in [0, 0.05) is 0 Å². The number of carbonyl (C=O) groups is 1. The van der Waals surface area contributed by atoms with Gasteiger partial charge in [-0.05, 0) is 55.3 Å². The highest BCUT2D eigenvalue weighted by molar-refractivity contribution is 8.15. The van der Waals surface area contributed by atoms with Crippen molar-refractivity contribution in [3.8, 4) is 5.75 Å². The van der Waals surface area contributed by atoms with Gasteiger partial charge in [-0.15, -0.1) is 5.10 Å². The van der Waals surface area contributed by atoms with E-state index in [1.807, 2.05) is 6.92 Å². The minimum absolute atomic E-state index is 0.0290. The van der Waals surface area contributed by atoms with Crippen LogP contribution in [0.5, 0.6) is 5.75 Å². The number of amidine groups is 1. The van der Waals surface area contributed by atoms with E-state index >= 15 is 0 Å². The van der Waals surface area contributed by atoms with Crippen molar-refractivity contribution in [1.29, 1.82) is 0 Å². The molecule has 9 heteroatoms. The van der Waals surface area contributed by atoms with Gasteiger partial charge >= 0.3 is 10.1 Å². The minimum atomic E-state index is -3.89. The zero-order valence-corrected chi connectivity index (χ0v) is 18.4. The van der Waals surface area contributed by atoms with Crippen molar-refractivity contribution >= 4 is 39.2 Å². The number of hydrogen-bond donors (Lipinski definition) is 1. The molecule has 7 nitrogen and oxygen atoms in total. The second kappa shape index (κ2) is 9.90. The zero-order valence-electron chi connectivity index (χ0n) is 16.7. The highest BCUT2D eigenvalue weighted by Gasteiger charge is 2.29. The summed E-state index contributed by atoms with van der Waals surface area (Å²) in [7, 11) is -3.89. The number of hydrogen-bond acceptors (Lipinski definition) is 7. The summed E-state index contributed by atoms with van der Waals surface area (Å²) in [6.07, 6.45) is 4.39. The molecule has 0 aromatic heterocycles. The van der Waals surface area contributed by atoms with E-state index in [1.165, 1.54) is 30.1 Å². The normalized spacial score (nSPS) is 18.1. The highest BCUT2D eigenvalue weighted by Crippen LogP contribution is 2.24. The Morgan fingerprint density at radius 3 is 2.50 bits per heavy atom. The fourth-order valence-electron chi connectivity index (χ4n) is 2.67. The number of aryl methyl sites for hydroxylation is 1. The van der Waals surface area contributed by atoms with E-state index in [1.54, 1.807) is 36.4 Å². The standard InChI is InChI=1S/C21H23N3O4S2/c1-3-4-5-19-20(25)23-21(29-19)24-22-14-16-8-10-17(11-9-16)28-30(26,27)18-12-6-15(2)7-13-18/h6-14,19H,3-5H2,1-2H3,(H,23,24,25). The number of unbranched alkanes of at least 4 members (excludes halogenated alkanes) is 1. The van der Waals surface area contributed by atoms with Crippen molar-refractivity contribution in [3.05, 3.63) is 59.7 Å². The lowest BCUT2D eigenvalue weighted by atomic mass is 10.2. The maximum Gasteiger partial charge on any atom is 0.339 e. The summed E-state index contributed by atoms with van der Waals surface area (Å²) in [6, 6.07) is 12.9. The monoisotopic (exact) mass is 445 g/mol. The molecule has 30 heavy (non-hydrogen) atoms. The van der Waals surface area contributed by atoms with E-state index < -0.39 is 10.1 Å². The van der Waals surface area contributed by atoms with Gasteiger partial charge in [0.2, 0.25) is 5.91 Å². The summed E-state index contributed by atoms with van der Waals surface area (Å²) in [5, 5.41) is 11.2. The summed E-state index contributed by atoms with van der Waals surface area (Å²) < 4.78 is 29.8. The molecule has 0 aliphatic carbocycles. The smallest absolute Gasteiger partial charge is 0.339 e. The van der Waals surface area contributed by atoms with Crippen molar-refractivity contribution < 1.29 is 17.4 Å². The van der Waals surface area contributed by atoms with Crippen LogP contribution in [0.1, 0.15) is 37.3 Å². The van der Waals surface area contributed by atoms with Crippen molar-refractivity contribution in [1.82, 2.24) is 5.32 Å². The van der Waals surface area contributed by atoms with Crippen molar-refractivity contribution in [2.24, 2.45) is 10.2 Å². The number of carbonyl (C=O) groups excluding carboxylic acids is 1. The molecular formula is C21H23N3O4S2. The molecule has 158 valence electrons. The molecule has 0 saturated carbocycles. The topological polar surface area (TPSA) is 97.2 Å². The summed E-state index contributed by atoms with van der Waals surface area (Å²) in [5.74, 6) is 0.176. The van der Waals surface area contributed by atoms with Crippen LogP contribution < -0.4 is 9.50 Å². The second-order valence-electron chi connectivity index (χ2n) is 6.81. The Hall–Kier alpha value is -2.65. The summed E-state index contributed by atoms with van der Waals surface area (Å²) >= 11 is 1.39. The van der Waals surface area contributed by atoms with Gasteiger partial charge in [-0.2, -0.15) is 13.5 Å². The number of rotatable bonds is 8. The molecule has 2 aromatic carbocycles. The number of nitrogens with one attached hydrogen (secondary N) is 1. The molecule has 0 bridgehead atoms. The van der Waals surface area contributed by atoms with Crippen LogP contribution in [-0.2, 0) is 14.9 Å². The quantitative estimate of drug-likeness (QED) is 0.378. The highest BCUT2D eigenvalue weighted by atomic mass is 32.2. The maximum absolute atomic E-state index is 12.3. The molecule has 1 N–H and O–H groups in total. The third-order valence-electron chi connectivity index (χ3n) is 4.35. The predicted octanol–water partition coefficient (Wildman–Crippen LogP) is 3.87. The zero-order chi connectivity index (χ0) is 21.6. The largest absolute Gasteiger partial charge is 0.379 e. The van der Waals surface area contributed by atoms with Crippen molar-refractivity contribution in [2.75, 3.05) is 0 Å². The summed E-state index contributed by atoms with van der Waals surface area (Å²) in [5.41, 5.74) is 1.68. The van der Waals surface area contributed by atoms with Gasteiger partial charge in [0.25, 0.3) is 0 Å². The molecule has 1 heterocycles. The molecule has 2 aromatic rings. The second-order valence-corrected chi connectivity index (χ2v) is 9.54. The van der Waals surface area contributed by atoms with E-state index in [-0.39, 0.29) is 21.8 Å². The van der Waals surface area contributed by atoms with Crippen LogP contribution >= 0.6 is 11.8 Å². The number of amides is 1. The molecule has 1 aliphatic heterocycles. The first-order chi connectivity index (χ1) is 14.4. The van der Waals surface area contributed by atoms with Crippen LogP contribution in [0.3, 0.4) is 0 Å². The van der Waals surface area contributed by atoms with Crippen LogP contribution in [0.2, 0.25) is 0 Å². The number of nitrogens with zero attached hydrogens (tertiary/aromatic N) is 2. The fourth-order valence-corrected chi connectivity index (χ4v) is 4.57. The molecule has 0 radical (unpaired) electrons. The first-order valence-corrected chi connectivity index (χ1v) is 11.9. The van der Waals surface area contributed by atoms with E-state index in [0.717, 1.165) is 30.4 Å². The van der Waals surface area contributed by atoms with Crippen LogP contribution in [-0.4, -0.2) is 31.0 Å². The van der Waals surface area contributed by atoms with Gasteiger partial charge < -0.3 is 9.50 Å². The Labute approximate surface area is 180 Å². The fraction of sp³-hybridized carbons (Fsp3) is 0.286. The third-order valence-corrected chi connectivity index (χ3v) is 6.75. The van der Waals surface area contributed by atoms with E-state index in [4.69, 9.17) is 4.18 Å². The van der Waals surface area contributed by atoms with Crippen LogP contribution in [0.4, 0.5) is 0 Å². The average molecular weight is 446 g/mol. The summed E-state index contributed by atoms with van der Waals surface area (Å²) in [6.45, 7) is 3.97. The first-order valence-electron chi connectivity index (χ1n) is 9.57. The Kier molecular flexibility index (Phi) is 7.28. The maximum atomic E-state index is 12.3. The molecule has 0 spiro atoms. The lowest BCUT2D eigenvalue weighted by Gasteiger charge is -2.07. The molecule has 1 fully saturated rings. The molecule has 1 atom stereocenters. The Morgan fingerprint density at radius 2 is 1.83 bits per heavy atom. The molecule has 1 amide bonds. The van der Waals surface area contributed by atoms with E-state index in [2.05, 4.69) is 22.4 Å². The first kappa shape index (κ1) is 22.0. The van der Waals surface area contributed by atoms with Crippen molar-refractivity contribution in [2.45, 2.75) is 43.3 Å². The van der Waals surface area contributed by atoms with Crippen molar-refractivity contribution in [3.63, 3.8) is 0 Å². The van der Waals surface area contributed by atoms with E-state index in [0.29, 0.717) is 5.17 Å². The Morgan fingerprint density at radius 1 is 1.13 bits per heavy atom. The summed E-state index contributed by atoms with van der Waals surface area (Å²) in [4.78, 5) is 12.0. The Balaban J connectivity index is 1.59. The lowest BCUT2D eigenvalue weighted by Crippen LogP contribution is -2.24. The SMILES string of the molecule is CCCCC1S/C(=N/N=Cc2ccc(OS(=O)(=O)c3ccc(C)cc3)cc2)NC1=O. The van der Waals surface area contributed by atoms with Crippen LogP contribution in [0.15, 0.2) is 63.6 Å². The molecule has 1 aliphatic rings. The van der Waals surface area contributed by atoms with Gasteiger partial charge in [-0.25, -0.2) is 0 Å². The van der Waals surface area contributed by atoms with Gasteiger partial charge in [-0.3, -0.25) is 4.79 Å². The van der Waals surface area contributed by atoms with Gasteiger partial charge in [0.1, 0.15) is 10.6 Å². The average Bonchev–Trinajstić information content (AvgIpc) is 3.07.